The maximum Gasteiger partial charge on any atom is 0.254 e. The topological polar surface area (TPSA) is 48.0 Å². The molecule has 30 heavy (non-hydrogen) atoms. The van der Waals surface area contributed by atoms with Gasteiger partial charge in [0, 0.05) is 18.2 Å². The van der Waals surface area contributed by atoms with E-state index in [9.17, 15) is 4.79 Å². The third kappa shape index (κ3) is 4.25. The molecule has 1 aliphatic heterocycles. The lowest BCUT2D eigenvalue weighted by Crippen LogP contribution is -2.49. The second-order valence-corrected chi connectivity index (χ2v) is 8.24. The van der Waals surface area contributed by atoms with Crippen LogP contribution in [-0.4, -0.2) is 37.6 Å². The van der Waals surface area contributed by atoms with E-state index in [4.69, 9.17) is 14.2 Å². The van der Waals surface area contributed by atoms with Gasteiger partial charge >= 0.3 is 0 Å². The average Bonchev–Trinajstić information content (AvgIpc) is 2.82. The number of likely N-dealkylation sites (tertiary alicyclic amines) is 1. The third-order valence-corrected chi connectivity index (χ3v) is 6.44. The summed E-state index contributed by atoms with van der Waals surface area (Å²) in [6, 6.07) is 13.9. The van der Waals surface area contributed by atoms with Gasteiger partial charge in [-0.2, -0.15) is 0 Å². The Morgan fingerprint density at radius 3 is 2.33 bits per heavy atom. The minimum Gasteiger partial charge on any atom is -0.493 e. The van der Waals surface area contributed by atoms with E-state index in [0.717, 1.165) is 24.9 Å². The monoisotopic (exact) mass is 409 g/mol. The zero-order valence-corrected chi connectivity index (χ0v) is 17.9. The summed E-state index contributed by atoms with van der Waals surface area (Å²) >= 11 is 0. The van der Waals surface area contributed by atoms with Crippen LogP contribution in [0.5, 0.6) is 17.2 Å². The van der Waals surface area contributed by atoms with Gasteiger partial charge in [-0.15, -0.1) is 0 Å². The van der Waals surface area contributed by atoms with Crippen LogP contribution < -0.4 is 14.2 Å². The van der Waals surface area contributed by atoms with Gasteiger partial charge in [0.15, 0.2) is 11.5 Å². The Balaban J connectivity index is 1.58. The Kier molecular flexibility index (Phi) is 6.46. The number of fused-ring (bicyclic) bond motifs is 1. The predicted molar refractivity (Wildman–Crippen MR) is 116 cm³/mol. The van der Waals surface area contributed by atoms with Crippen LogP contribution in [0.1, 0.15) is 54.4 Å². The van der Waals surface area contributed by atoms with E-state index in [2.05, 4.69) is 4.90 Å². The number of piperidine rings is 1. The fraction of sp³-hybridized carbons (Fsp3) is 0.480. The Bertz CT molecular complexity index is 840. The van der Waals surface area contributed by atoms with Crippen LogP contribution in [0.2, 0.25) is 0 Å². The van der Waals surface area contributed by atoms with Crippen molar-refractivity contribution < 1.29 is 19.0 Å². The lowest BCUT2D eigenvalue weighted by atomic mass is 9.78. The zero-order chi connectivity index (χ0) is 20.9. The third-order valence-electron chi connectivity index (χ3n) is 6.44. The highest BCUT2D eigenvalue weighted by Gasteiger charge is 2.36. The fourth-order valence-corrected chi connectivity index (χ4v) is 4.92. The van der Waals surface area contributed by atoms with Crippen molar-refractivity contribution in [3.8, 4) is 17.2 Å². The molecule has 0 radical (unpaired) electrons. The Labute approximate surface area is 178 Å². The summed E-state index contributed by atoms with van der Waals surface area (Å²) in [5.74, 6) is 2.28. The van der Waals surface area contributed by atoms with Gasteiger partial charge in [-0.1, -0.05) is 43.2 Å². The van der Waals surface area contributed by atoms with E-state index in [0.29, 0.717) is 41.4 Å². The second kappa shape index (κ2) is 9.41. The van der Waals surface area contributed by atoms with Crippen LogP contribution in [0.3, 0.4) is 0 Å². The van der Waals surface area contributed by atoms with Crippen molar-refractivity contribution >= 4 is 5.91 Å². The van der Waals surface area contributed by atoms with Gasteiger partial charge in [0.2, 0.25) is 5.75 Å². The maximum atomic E-state index is 13.5. The van der Waals surface area contributed by atoms with Crippen molar-refractivity contribution in [1.82, 2.24) is 4.90 Å². The van der Waals surface area contributed by atoms with Gasteiger partial charge in [0.05, 0.1) is 14.2 Å². The number of ether oxygens (including phenoxy) is 3. The van der Waals surface area contributed by atoms with Crippen molar-refractivity contribution in [3.05, 3.63) is 53.6 Å². The van der Waals surface area contributed by atoms with E-state index in [1.807, 2.05) is 30.3 Å². The lowest BCUT2D eigenvalue weighted by Gasteiger charge is -2.44. The molecule has 1 amide bonds. The number of methoxy groups -OCH3 is 2. The van der Waals surface area contributed by atoms with Crippen LogP contribution in [-0.2, 0) is 6.61 Å². The number of carbonyl (C=O) groups is 1. The molecular weight excluding hydrogens is 378 g/mol. The number of nitrogens with zero attached hydrogens (tertiary/aromatic N) is 1. The quantitative estimate of drug-likeness (QED) is 0.668. The smallest absolute Gasteiger partial charge is 0.254 e. The van der Waals surface area contributed by atoms with Crippen molar-refractivity contribution in [2.45, 2.75) is 51.2 Å². The highest BCUT2D eigenvalue weighted by molar-refractivity contribution is 5.96. The molecule has 2 aromatic carbocycles. The highest BCUT2D eigenvalue weighted by Crippen LogP contribution is 2.41. The molecule has 0 bridgehead atoms. The SMILES string of the molecule is COc1cc(C(=O)N2CCC[C@H]3CCCC[C@@H]32)cc(OC)c1OCc1ccccc1. The number of carbonyl (C=O) groups excluding carboxylic acids is 1. The summed E-state index contributed by atoms with van der Waals surface area (Å²) in [5, 5.41) is 0. The van der Waals surface area contributed by atoms with Crippen molar-refractivity contribution in [2.75, 3.05) is 20.8 Å². The summed E-state index contributed by atoms with van der Waals surface area (Å²) < 4.78 is 17.2. The number of rotatable bonds is 6. The average molecular weight is 410 g/mol. The van der Waals surface area contributed by atoms with E-state index >= 15 is 0 Å². The van der Waals surface area contributed by atoms with Crippen molar-refractivity contribution in [1.29, 1.82) is 0 Å². The molecule has 4 rings (SSSR count). The molecule has 0 aromatic heterocycles. The standard InChI is InChI=1S/C25H31NO4/c1-28-22-15-20(25(27)26-14-8-12-19-11-6-7-13-21(19)26)16-23(29-2)24(22)30-17-18-9-4-3-5-10-18/h3-5,9-10,15-16,19,21H,6-8,11-14,17H2,1-2H3/t19-,21+/m1/s1. The van der Waals surface area contributed by atoms with Gasteiger partial charge in [-0.05, 0) is 49.3 Å². The van der Waals surface area contributed by atoms with Gasteiger partial charge < -0.3 is 19.1 Å². The van der Waals surface area contributed by atoms with Gasteiger partial charge in [0.1, 0.15) is 6.61 Å². The lowest BCUT2D eigenvalue weighted by molar-refractivity contribution is 0.0390. The number of hydrogen-bond acceptors (Lipinski definition) is 4. The number of benzene rings is 2. The molecule has 2 aromatic rings. The molecule has 1 heterocycles. The first-order valence-electron chi connectivity index (χ1n) is 10.9. The largest absolute Gasteiger partial charge is 0.493 e. The van der Waals surface area contributed by atoms with Crippen LogP contribution in [0.4, 0.5) is 0 Å². The summed E-state index contributed by atoms with van der Waals surface area (Å²) in [6.45, 7) is 1.23. The van der Waals surface area contributed by atoms with Gasteiger partial charge in [0.25, 0.3) is 5.91 Å². The minimum absolute atomic E-state index is 0.0674. The molecule has 5 heteroatoms. The Morgan fingerprint density at radius 1 is 0.967 bits per heavy atom. The maximum absolute atomic E-state index is 13.5. The molecule has 0 N–H and O–H groups in total. The van der Waals surface area contributed by atoms with E-state index < -0.39 is 0 Å². The molecule has 0 spiro atoms. The van der Waals surface area contributed by atoms with Gasteiger partial charge in [-0.3, -0.25) is 4.79 Å². The predicted octanol–water partition coefficient (Wildman–Crippen LogP) is 5.08. The molecule has 0 unspecified atom stereocenters. The molecule has 1 saturated carbocycles. The molecule has 5 nitrogen and oxygen atoms in total. The first-order valence-corrected chi connectivity index (χ1v) is 10.9. The first-order chi connectivity index (χ1) is 14.7. The van der Waals surface area contributed by atoms with E-state index in [1.54, 1.807) is 26.4 Å². The molecule has 160 valence electrons. The molecule has 1 saturated heterocycles. The van der Waals surface area contributed by atoms with Crippen molar-refractivity contribution in [2.24, 2.45) is 5.92 Å². The fourth-order valence-electron chi connectivity index (χ4n) is 4.92. The summed E-state index contributed by atoms with van der Waals surface area (Å²) in [5.41, 5.74) is 1.65. The minimum atomic E-state index is 0.0674. The first kappa shape index (κ1) is 20.6. The molecule has 2 fully saturated rings. The second-order valence-electron chi connectivity index (χ2n) is 8.24. The normalized spacial score (nSPS) is 20.9. The van der Waals surface area contributed by atoms with Crippen molar-refractivity contribution in [3.63, 3.8) is 0 Å². The molecule has 2 aliphatic rings. The van der Waals surface area contributed by atoms with Gasteiger partial charge in [-0.25, -0.2) is 0 Å². The van der Waals surface area contributed by atoms with Crippen LogP contribution >= 0.6 is 0 Å². The van der Waals surface area contributed by atoms with E-state index in [-0.39, 0.29) is 5.91 Å². The summed E-state index contributed by atoms with van der Waals surface area (Å²) in [6.07, 6.45) is 7.19. The molecular formula is C25H31NO4. The zero-order valence-electron chi connectivity index (χ0n) is 17.9. The summed E-state index contributed by atoms with van der Waals surface area (Å²) in [7, 11) is 3.19. The molecule has 1 aliphatic carbocycles. The number of amides is 1. The summed E-state index contributed by atoms with van der Waals surface area (Å²) in [4.78, 5) is 15.5. The molecule has 2 atom stereocenters. The van der Waals surface area contributed by atoms with Crippen LogP contribution in [0.15, 0.2) is 42.5 Å². The Morgan fingerprint density at radius 2 is 1.63 bits per heavy atom. The van der Waals surface area contributed by atoms with Crippen LogP contribution in [0.25, 0.3) is 0 Å². The van der Waals surface area contributed by atoms with E-state index in [1.165, 1.54) is 25.7 Å². The van der Waals surface area contributed by atoms with Crippen LogP contribution in [0, 0.1) is 5.92 Å². The highest BCUT2D eigenvalue weighted by atomic mass is 16.5. The Hall–Kier alpha value is -2.69. The number of hydrogen-bond donors (Lipinski definition) is 0.